The summed E-state index contributed by atoms with van der Waals surface area (Å²) in [5.41, 5.74) is 13.2. The Labute approximate surface area is 497 Å². The number of nitrogens with zero attached hydrogens (tertiary/aromatic N) is 9. The number of hydrogen-bond donors (Lipinski definition) is 0. The number of benzene rings is 11. The van der Waals surface area contributed by atoms with Gasteiger partial charge >= 0.3 is 6.18 Å². The van der Waals surface area contributed by atoms with Crippen LogP contribution >= 0.6 is 0 Å². The van der Waals surface area contributed by atoms with Gasteiger partial charge in [-0.15, -0.1) is 0 Å². The lowest BCUT2D eigenvalue weighted by atomic mass is 9.92. The quantitative estimate of drug-likeness (QED) is 0.134. The van der Waals surface area contributed by atoms with Crippen LogP contribution < -0.4 is 0 Å². The van der Waals surface area contributed by atoms with Crippen LogP contribution in [0.5, 0.6) is 0 Å². The third-order valence-corrected chi connectivity index (χ3v) is 16.0. The zero-order chi connectivity index (χ0) is 58.8. The number of aromatic nitrogens is 8. The second kappa shape index (κ2) is 21.2. The minimum atomic E-state index is -4.52. The van der Waals surface area contributed by atoms with Crippen molar-refractivity contribution in [3.63, 3.8) is 0 Å². The van der Waals surface area contributed by atoms with Crippen LogP contribution in [0.1, 0.15) is 16.7 Å². The Hall–Kier alpha value is -11.7. The average molecular weight is 1130 g/mol. The number of fused-ring (bicyclic) bond motifs is 6. The van der Waals surface area contributed by atoms with E-state index < -0.39 is 11.7 Å². The van der Waals surface area contributed by atoms with E-state index in [-0.39, 0.29) is 0 Å². The van der Waals surface area contributed by atoms with E-state index in [1.807, 2.05) is 188 Å². The molecule has 11 aromatic carbocycles. The van der Waals surface area contributed by atoms with Gasteiger partial charge in [-0.05, 0) is 109 Å². The smallest absolute Gasteiger partial charge is 0.309 e. The van der Waals surface area contributed by atoms with E-state index in [1.165, 1.54) is 6.07 Å². The molecule has 15 aromatic rings. The largest absolute Gasteiger partial charge is 0.416 e. The Morgan fingerprint density at radius 2 is 0.713 bits per heavy atom. The van der Waals surface area contributed by atoms with Crippen LogP contribution in [0.15, 0.2) is 261 Å². The molecule has 0 saturated heterocycles. The Bertz CT molecular complexity index is 5110. The van der Waals surface area contributed by atoms with Gasteiger partial charge < -0.3 is 9.13 Å². The summed E-state index contributed by atoms with van der Waals surface area (Å²) in [7, 11) is 0. The molecule has 0 unspecified atom stereocenters. The number of alkyl halides is 3. The van der Waals surface area contributed by atoms with E-state index in [4.69, 9.17) is 29.9 Å². The van der Waals surface area contributed by atoms with Gasteiger partial charge in [-0.3, -0.25) is 0 Å². The molecule has 0 aliphatic carbocycles. The molecule has 0 aliphatic heterocycles. The van der Waals surface area contributed by atoms with Crippen LogP contribution in [-0.2, 0) is 6.18 Å². The van der Waals surface area contributed by atoms with Crippen LogP contribution in [0.25, 0.3) is 146 Å². The second-order valence-corrected chi connectivity index (χ2v) is 21.3. The molecule has 12 heteroatoms. The van der Waals surface area contributed by atoms with Gasteiger partial charge in [-0.2, -0.15) is 18.4 Å². The Balaban J connectivity index is 0.951. The van der Waals surface area contributed by atoms with Crippen molar-refractivity contribution in [1.82, 2.24) is 39.0 Å². The van der Waals surface area contributed by atoms with Gasteiger partial charge in [0.05, 0.1) is 50.6 Å². The molecule has 4 aromatic heterocycles. The fourth-order valence-electron chi connectivity index (χ4n) is 11.9. The molecule has 0 radical (unpaired) electrons. The maximum atomic E-state index is 14.2. The minimum absolute atomic E-state index is 0.438. The van der Waals surface area contributed by atoms with Crippen molar-refractivity contribution in [3.05, 3.63) is 278 Å². The fourth-order valence-corrected chi connectivity index (χ4v) is 11.9. The summed E-state index contributed by atoms with van der Waals surface area (Å²) in [6.07, 6.45) is -4.52. The first-order valence-electron chi connectivity index (χ1n) is 28.3. The van der Waals surface area contributed by atoms with Gasteiger partial charge in [0.15, 0.2) is 34.9 Å². The van der Waals surface area contributed by atoms with Crippen LogP contribution in [0.3, 0.4) is 0 Å². The topological polar surface area (TPSA) is 111 Å². The Morgan fingerprint density at radius 1 is 0.322 bits per heavy atom. The fraction of sp³-hybridized carbons (Fsp3) is 0.0267. The van der Waals surface area contributed by atoms with Gasteiger partial charge in [-0.25, -0.2) is 29.9 Å². The molecule has 87 heavy (non-hydrogen) atoms. The van der Waals surface area contributed by atoms with E-state index in [1.54, 1.807) is 13.0 Å². The van der Waals surface area contributed by atoms with Gasteiger partial charge in [0.1, 0.15) is 0 Å². The van der Waals surface area contributed by atoms with Gasteiger partial charge in [0.25, 0.3) is 0 Å². The molecule has 0 saturated carbocycles. The van der Waals surface area contributed by atoms with Crippen molar-refractivity contribution in [2.45, 2.75) is 13.1 Å². The molecule has 9 nitrogen and oxygen atoms in total. The molecule has 412 valence electrons. The SMILES string of the molecule is Cc1cc(C(F)(F)F)ccc1-c1ccc(-n2c3ccccc3c3cc(-c4nc(-c5ccccc5)nc(-c5ccccc5)n4)ccc32)c(-c2ccc(C#N)cc2-n2c3ccccc3c3cc(-c4nc(-c5ccccc5)nc(-c5ccccc5)n4)ccc32)c1. The Morgan fingerprint density at radius 3 is 1.15 bits per heavy atom. The number of hydrogen-bond acceptors (Lipinski definition) is 7. The van der Waals surface area contributed by atoms with Crippen molar-refractivity contribution in [1.29, 1.82) is 5.26 Å². The lowest BCUT2D eigenvalue weighted by Gasteiger charge is -2.20. The summed E-state index contributed by atoms with van der Waals surface area (Å²) in [6, 6.07) is 86.6. The Kier molecular flexibility index (Phi) is 12.7. The number of rotatable bonds is 10. The molecule has 0 spiro atoms. The first-order valence-corrected chi connectivity index (χ1v) is 28.3. The van der Waals surface area contributed by atoms with E-state index in [9.17, 15) is 18.4 Å². The van der Waals surface area contributed by atoms with Gasteiger partial charge in [0, 0.05) is 66.1 Å². The third kappa shape index (κ3) is 9.40. The lowest BCUT2D eigenvalue weighted by molar-refractivity contribution is -0.137. The number of nitriles is 1. The molecule has 0 atom stereocenters. The summed E-state index contributed by atoms with van der Waals surface area (Å²) in [5.74, 6) is 3.22. The molecule has 0 N–H and O–H groups in total. The van der Waals surface area contributed by atoms with Crippen molar-refractivity contribution in [2.75, 3.05) is 0 Å². The van der Waals surface area contributed by atoms with Gasteiger partial charge in [0.2, 0.25) is 0 Å². The van der Waals surface area contributed by atoms with Crippen LogP contribution in [0.4, 0.5) is 13.2 Å². The predicted molar refractivity (Wildman–Crippen MR) is 340 cm³/mol. The maximum absolute atomic E-state index is 14.2. The summed E-state index contributed by atoms with van der Waals surface area (Å²) in [5, 5.41) is 14.6. The molecule has 0 aliphatic rings. The first kappa shape index (κ1) is 52.1. The van der Waals surface area contributed by atoms with Crippen LogP contribution in [0, 0.1) is 18.3 Å². The summed E-state index contributed by atoms with van der Waals surface area (Å²) in [6.45, 7) is 1.71. The van der Waals surface area contributed by atoms with Crippen molar-refractivity contribution in [3.8, 4) is 108 Å². The number of para-hydroxylation sites is 2. The molecular formula is C75H46F3N9. The average Bonchev–Trinajstić information content (AvgIpc) is 1.83. The van der Waals surface area contributed by atoms with E-state index >= 15 is 0 Å². The summed E-state index contributed by atoms with van der Waals surface area (Å²) in [4.78, 5) is 30.2. The highest BCUT2D eigenvalue weighted by Crippen LogP contribution is 2.45. The summed E-state index contributed by atoms with van der Waals surface area (Å²) < 4.78 is 47.1. The van der Waals surface area contributed by atoms with Crippen LogP contribution in [-0.4, -0.2) is 39.0 Å². The standard InChI is InChI=1S/C75H46F3N9/c1-46-40-55(75(76,77)78)34-36-56(46)52-31-37-65(86-63-28-16-14-26-57(63)61-43-53(32-38-66(61)86)73-82-69(48-18-6-2-7-19-48)80-70(83-73)49-20-8-3-9-21-49)60(42-52)59-35-30-47(45-79)41-68(59)87-64-29-17-15-27-58(64)62-44-54(33-39-67(62)87)74-84-71(50-22-10-4-11-23-50)81-72(85-74)51-24-12-5-13-25-51/h2-44H,1H3. The molecule has 15 rings (SSSR count). The van der Waals surface area contributed by atoms with Crippen molar-refractivity contribution >= 4 is 43.6 Å². The molecule has 4 heterocycles. The second-order valence-electron chi connectivity index (χ2n) is 21.3. The van der Waals surface area contributed by atoms with E-state index in [0.717, 1.165) is 106 Å². The van der Waals surface area contributed by atoms with E-state index in [2.05, 4.69) is 69.8 Å². The van der Waals surface area contributed by atoms with Crippen LogP contribution in [0.2, 0.25) is 0 Å². The highest BCUT2D eigenvalue weighted by molar-refractivity contribution is 6.13. The number of aryl methyl sites for hydroxylation is 1. The summed E-state index contributed by atoms with van der Waals surface area (Å²) >= 11 is 0. The van der Waals surface area contributed by atoms with E-state index in [0.29, 0.717) is 57.2 Å². The highest BCUT2D eigenvalue weighted by Gasteiger charge is 2.31. The van der Waals surface area contributed by atoms with Gasteiger partial charge in [-0.1, -0.05) is 176 Å². The number of halogens is 3. The third-order valence-electron chi connectivity index (χ3n) is 16.0. The molecule has 0 amide bonds. The first-order chi connectivity index (χ1) is 42.6. The van der Waals surface area contributed by atoms with Crippen molar-refractivity contribution < 1.29 is 13.2 Å². The lowest BCUT2D eigenvalue weighted by Crippen LogP contribution is -2.05. The normalized spacial score (nSPS) is 11.7. The predicted octanol–water partition coefficient (Wildman–Crippen LogP) is 18.8. The monoisotopic (exact) mass is 1130 g/mol. The maximum Gasteiger partial charge on any atom is 0.416 e. The highest BCUT2D eigenvalue weighted by atomic mass is 19.4. The molecular weight excluding hydrogens is 1080 g/mol. The molecule has 0 fully saturated rings. The molecule has 0 bridgehead atoms. The zero-order valence-corrected chi connectivity index (χ0v) is 46.5. The minimum Gasteiger partial charge on any atom is -0.309 e. The zero-order valence-electron chi connectivity index (χ0n) is 46.5. The van der Waals surface area contributed by atoms with Crippen molar-refractivity contribution in [2.24, 2.45) is 0 Å².